The Hall–Kier alpha value is -2.86. The molecule has 6 nitrogen and oxygen atoms in total. The first-order valence-electron chi connectivity index (χ1n) is 10.8. The van der Waals surface area contributed by atoms with Crippen molar-refractivity contribution in [2.75, 3.05) is 6.61 Å². The van der Waals surface area contributed by atoms with Gasteiger partial charge in [0.25, 0.3) is 5.91 Å². The summed E-state index contributed by atoms with van der Waals surface area (Å²) in [6.45, 7) is -0.212. The molecule has 5 aliphatic carbocycles. The number of nitrogens with zero attached hydrogens (tertiary/aromatic N) is 2. The quantitative estimate of drug-likeness (QED) is 0.783. The molecule has 1 aromatic carbocycles. The summed E-state index contributed by atoms with van der Waals surface area (Å²) in [4.78, 5) is 24.7. The molecule has 6 heteroatoms. The molecule has 1 aromatic rings. The van der Waals surface area contributed by atoms with E-state index in [2.05, 4.69) is 12.1 Å². The van der Waals surface area contributed by atoms with E-state index in [-0.39, 0.29) is 17.8 Å². The molecule has 2 N–H and O–H groups in total. The van der Waals surface area contributed by atoms with Gasteiger partial charge < -0.3 is 10.5 Å². The van der Waals surface area contributed by atoms with E-state index in [1.807, 2.05) is 0 Å². The highest BCUT2D eigenvalue weighted by Crippen LogP contribution is 2.70. The van der Waals surface area contributed by atoms with Gasteiger partial charge in [-0.2, -0.15) is 10.5 Å². The van der Waals surface area contributed by atoms with Gasteiger partial charge in [-0.25, -0.2) is 0 Å². The van der Waals surface area contributed by atoms with Crippen LogP contribution < -0.4 is 10.5 Å². The average Bonchev–Trinajstić information content (AvgIpc) is 3.40. The molecule has 5 aliphatic rings. The van der Waals surface area contributed by atoms with Gasteiger partial charge in [-0.15, -0.1) is 0 Å². The van der Waals surface area contributed by atoms with Crippen LogP contribution in [-0.2, 0) is 9.59 Å². The zero-order valence-corrected chi connectivity index (χ0v) is 16.8. The lowest BCUT2D eigenvalue weighted by atomic mass is 9.48. The van der Waals surface area contributed by atoms with Crippen LogP contribution in [0.1, 0.15) is 50.0 Å². The number of nitrogens with two attached hydrogens (primary N) is 1. The summed E-state index contributed by atoms with van der Waals surface area (Å²) in [6.07, 6.45) is 6.55. The molecule has 0 heterocycles. The molecular weight excluding hydrogens is 378 g/mol. The maximum Gasteiger partial charge on any atom is 0.255 e. The Labute approximate surface area is 176 Å². The fourth-order valence-corrected chi connectivity index (χ4v) is 7.17. The van der Waals surface area contributed by atoms with Crippen molar-refractivity contribution in [2.24, 2.45) is 40.2 Å². The van der Waals surface area contributed by atoms with Crippen LogP contribution in [0.15, 0.2) is 24.3 Å². The van der Waals surface area contributed by atoms with Crippen LogP contribution in [0, 0.1) is 57.2 Å². The molecule has 0 saturated heterocycles. The Morgan fingerprint density at radius 3 is 2.00 bits per heavy atom. The van der Waals surface area contributed by atoms with Crippen molar-refractivity contribution < 1.29 is 14.3 Å². The van der Waals surface area contributed by atoms with Crippen LogP contribution in [0.25, 0.3) is 0 Å². The number of Topliss-reactive ketones (excluding diaryl/α,β-unsaturated/α-hetero) is 1. The minimum Gasteiger partial charge on any atom is -0.484 e. The van der Waals surface area contributed by atoms with Crippen molar-refractivity contribution in [1.29, 1.82) is 10.5 Å². The third kappa shape index (κ3) is 2.74. The highest BCUT2D eigenvalue weighted by atomic mass is 16.5. The van der Waals surface area contributed by atoms with E-state index in [1.54, 1.807) is 24.3 Å². The van der Waals surface area contributed by atoms with Gasteiger partial charge in [0.1, 0.15) is 11.5 Å². The lowest BCUT2D eigenvalue weighted by Crippen LogP contribution is -2.50. The molecule has 0 radical (unpaired) electrons. The maximum absolute atomic E-state index is 13.8. The summed E-state index contributed by atoms with van der Waals surface area (Å²) < 4.78 is 5.29. The second-order valence-electron chi connectivity index (χ2n) is 9.93. The fraction of sp³-hybridized carbons (Fsp3) is 0.583. The van der Waals surface area contributed by atoms with Gasteiger partial charge in [0.15, 0.2) is 12.0 Å². The smallest absolute Gasteiger partial charge is 0.255 e. The molecule has 0 aliphatic heterocycles. The molecule has 154 valence electrons. The largest absolute Gasteiger partial charge is 0.484 e. The molecule has 0 spiro atoms. The van der Waals surface area contributed by atoms with Crippen LogP contribution >= 0.6 is 0 Å². The minimum atomic E-state index is -1.28. The number of rotatable bonds is 6. The first-order valence-corrected chi connectivity index (χ1v) is 10.8. The summed E-state index contributed by atoms with van der Waals surface area (Å²) in [5.41, 5.74) is 4.30. The maximum atomic E-state index is 13.8. The van der Waals surface area contributed by atoms with Gasteiger partial charge in [-0.3, -0.25) is 9.59 Å². The van der Waals surface area contributed by atoms with E-state index in [9.17, 15) is 20.1 Å². The molecule has 30 heavy (non-hydrogen) atoms. The van der Waals surface area contributed by atoms with Crippen molar-refractivity contribution in [2.45, 2.75) is 44.4 Å². The van der Waals surface area contributed by atoms with Crippen molar-refractivity contribution in [3.63, 3.8) is 0 Å². The Kier molecular flexibility index (Phi) is 4.19. The SMILES string of the molecule is N#CC1(C#N)[C@@H](C(=O)C23CC4CC(CC(C4)C2)C3)[C@@H]1c1ccc(OCC(N)=O)cc1. The van der Waals surface area contributed by atoms with Crippen molar-refractivity contribution in [1.82, 2.24) is 0 Å². The van der Waals surface area contributed by atoms with Crippen molar-refractivity contribution >= 4 is 11.7 Å². The Bertz CT molecular complexity index is 935. The van der Waals surface area contributed by atoms with E-state index >= 15 is 0 Å². The van der Waals surface area contributed by atoms with E-state index in [4.69, 9.17) is 10.5 Å². The Morgan fingerprint density at radius 2 is 1.53 bits per heavy atom. The number of ether oxygens (including phenoxy) is 1. The van der Waals surface area contributed by atoms with Crippen LogP contribution in [0.4, 0.5) is 0 Å². The van der Waals surface area contributed by atoms with E-state index in [1.165, 1.54) is 19.3 Å². The van der Waals surface area contributed by atoms with Gasteiger partial charge in [0.2, 0.25) is 0 Å². The second kappa shape index (κ2) is 6.57. The molecule has 6 rings (SSSR count). The molecule has 2 atom stereocenters. The van der Waals surface area contributed by atoms with Gasteiger partial charge >= 0.3 is 0 Å². The first kappa shape index (κ1) is 19.1. The lowest BCUT2D eigenvalue weighted by Gasteiger charge is -2.56. The van der Waals surface area contributed by atoms with Crippen LogP contribution in [0.3, 0.4) is 0 Å². The molecule has 0 unspecified atom stereocenters. The number of primary amides is 1. The third-order valence-corrected chi connectivity index (χ3v) is 8.04. The van der Waals surface area contributed by atoms with Gasteiger partial charge in [0.05, 0.1) is 18.1 Å². The van der Waals surface area contributed by atoms with Crippen LogP contribution in [0.2, 0.25) is 0 Å². The average molecular weight is 403 g/mol. The predicted octanol–water partition coefficient (Wildman–Crippen LogP) is 3.08. The predicted molar refractivity (Wildman–Crippen MR) is 107 cm³/mol. The van der Waals surface area contributed by atoms with Gasteiger partial charge in [-0.1, -0.05) is 12.1 Å². The summed E-state index contributed by atoms with van der Waals surface area (Å²) in [7, 11) is 0. The normalized spacial score (nSPS) is 37.1. The number of amides is 1. The molecule has 1 amide bonds. The van der Waals surface area contributed by atoms with E-state index in [0.29, 0.717) is 23.5 Å². The van der Waals surface area contributed by atoms with Crippen molar-refractivity contribution in [3.05, 3.63) is 29.8 Å². The van der Waals surface area contributed by atoms with Crippen LogP contribution in [-0.4, -0.2) is 18.3 Å². The van der Waals surface area contributed by atoms with Crippen LogP contribution in [0.5, 0.6) is 5.75 Å². The highest BCUT2D eigenvalue weighted by molar-refractivity contribution is 5.94. The second-order valence-corrected chi connectivity index (χ2v) is 9.93. The zero-order chi connectivity index (χ0) is 21.1. The minimum absolute atomic E-state index is 0.156. The molecule has 0 aromatic heterocycles. The standard InChI is InChI=1S/C24H25N3O3/c25-12-24(13-26)20(17-1-3-18(4-2-17)30-11-19(27)28)21(24)22(29)23-8-14-5-15(9-23)7-16(6-14)10-23/h1-4,14-16,20-21H,5-11H2,(H2,27,28)/t14?,15?,16?,20-,21+,23?/m0/s1. The number of carbonyl (C=O) groups excluding carboxylic acids is 2. The summed E-state index contributed by atoms with van der Waals surface area (Å²) >= 11 is 0. The molecule has 4 bridgehead atoms. The number of ketones is 1. The number of carbonyl (C=O) groups is 2. The van der Waals surface area contributed by atoms with E-state index < -0.39 is 23.2 Å². The fourth-order valence-electron chi connectivity index (χ4n) is 7.17. The molecular formula is C24H25N3O3. The Balaban J connectivity index is 1.41. The first-order chi connectivity index (χ1) is 14.4. The van der Waals surface area contributed by atoms with Gasteiger partial charge in [-0.05, 0) is 74.0 Å². The lowest BCUT2D eigenvalue weighted by molar-refractivity contribution is -0.145. The summed E-state index contributed by atoms with van der Waals surface area (Å²) in [5, 5.41) is 19.8. The van der Waals surface area contributed by atoms with Crippen molar-refractivity contribution in [3.8, 4) is 17.9 Å². The number of nitriles is 2. The number of hydrogen-bond acceptors (Lipinski definition) is 5. The highest BCUT2D eigenvalue weighted by Gasteiger charge is 2.73. The number of benzene rings is 1. The third-order valence-electron chi connectivity index (χ3n) is 8.04. The summed E-state index contributed by atoms with van der Waals surface area (Å²) in [6, 6.07) is 11.4. The molecule has 5 fully saturated rings. The Morgan fingerprint density at radius 1 is 1.00 bits per heavy atom. The summed E-state index contributed by atoms with van der Waals surface area (Å²) in [5.74, 6) is 1.04. The zero-order valence-electron chi connectivity index (χ0n) is 16.8. The topological polar surface area (TPSA) is 117 Å². The van der Waals surface area contributed by atoms with Gasteiger partial charge in [0, 0.05) is 11.3 Å². The molecule has 5 saturated carbocycles. The van der Waals surface area contributed by atoms with E-state index in [0.717, 1.165) is 24.8 Å². The number of hydrogen-bond donors (Lipinski definition) is 1. The monoisotopic (exact) mass is 403 g/mol.